The van der Waals surface area contributed by atoms with Gasteiger partial charge in [-0.1, -0.05) is 18.2 Å². The number of nitrogens with zero attached hydrogens (tertiary/aromatic N) is 1. The first-order valence-corrected chi connectivity index (χ1v) is 7.57. The van der Waals surface area contributed by atoms with E-state index in [0.717, 1.165) is 6.42 Å². The predicted octanol–water partition coefficient (Wildman–Crippen LogP) is 2.64. The van der Waals surface area contributed by atoms with Crippen LogP contribution in [0.4, 0.5) is 0 Å². The van der Waals surface area contributed by atoms with E-state index in [1.807, 2.05) is 18.2 Å². The lowest BCUT2D eigenvalue weighted by molar-refractivity contribution is -0.154. The number of hydrogen-bond acceptors (Lipinski definition) is 3. The van der Waals surface area contributed by atoms with Crippen molar-refractivity contribution in [1.29, 1.82) is 0 Å². The van der Waals surface area contributed by atoms with Gasteiger partial charge in [0.1, 0.15) is 5.54 Å². The molecule has 22 heavy (non-hydrogen) atoms. The zero-order valence-corrected chi connectivity index (χ0v) is 12.9. The second kappa shape index (κ2) is 7.13. The molecule has 1 saturated heterocycles. The minimum Gasteiger partial charge on any atom is -0.464 e. The Labute approximate surface area is 131 Å². The average molecular weight is 299 g/mol. The minimum absolute atomic E-state index is 0.124. The van der Waals surface area contributed by atoms with Gasteiger partial charge in [0.25, 0.3) is 5.91 Å². The molecule has 4 nitrogen and oxygen atoms in total. The fraction of sp³-hybridized carbons (Fsp3) is 0.444. The molecule has 1 aliphatic rings. The Balaban J connectivity index is 2.07. The van der Waals surface area contributed by atoms with E-state index >= 15 is 0 Å². The number of esters is 1. The first kappa shape index (κ1) is 16.1. The Morgan fingerprint density at radius 1 is 1.36 bits per heavy atom. The summed E-state index contributed by atoms with van der Waals surface area (Å²) in [6.45, 7) is 2.65. The maximum Gasteiger partial charge on any atom is 0.331 e. The molecular weight excluding hydrogens is 278 g/mol. The van der Waals surface area contributed by atoms with Crippen LogP contribution in [0.15, 0.2) is 30.3 Å². The number of rotatable bonds is 5. The van der Waals surface area contributed by atoms with Crippen LogP contribution in [0.1, 0.15) is 43.0 Å². The highest BCUT2D eigenvalue weighted by molar-refractivity contribution is 5.98. The third-order valence-corrected chi connectivity index (χ3v) is 4.05. The normalized spacial score (nSPS) is 20.5. The number of likely N-dealkylation sites (tertiary alicyclic amines) is 1. The average Bonchev–Trinajstić information content (AvgIpc) is 2.94. The summed E-state index contributed by atoms with van der Waals surface area (Å²) in [5.41, 5.74) is -0.293. The number of amides is 1. The molecule has 0 saturated carbocycles. The van der Waals surface area contributed by atoms with Crippen molar-refractivity contribution in [2.45, 2.75) is 38.1 Å². The molecule has 4 heteroatoms. The van der Waals surface area contributed by atoms with Gasteiger partial charge in [0.15, 0.2) is 0 Å². The van der Waals surface area contributed by atoms with Crippen LogP contribution in [-0.4, -0.2) is 35.5 Å². The van der Waals surface area contributed by atoms with E-state index in [0.29, 0.717) is 38.0 Å². The fourth-order valence-corrected chi connectivity index (χ4v) is 2.73. The van der Waals surface area contributed by atoms with Gasteiger partial charge in [0.05, 0.1) is 6.61 Å². The van der Waals surface area contributed by atoms with Gasteiger partial charge in [-0.05, 0) is 38.3 Å². The largest absolute Gasteiger partial charge is 0.464 e. The summed E-state index contributed by atoms with van der Waals surface area (Å²) < 4.78 is 5.32. The van der Waals surface area contributed by atoms with Crippen molar-refractivity contribution in [3.8, 4) is 12.3 Å². The SMILES string of the molecule is C#CCCCOC(=O)[C@@]1(C)CCCN1C(=O)c1ccccc1. The number of carbonyl (C=O) groups excluding carboxylic acids is 2. The topological polar surface area (TPSA) is 46.6 Å². The van der Waals surface area contributed by atoms with Crippen LogP contribution in [0.5, 0.6) is 0 Å². The van der Waals surface area contributed by atoms with E-state index in [-0.39, 0.29) is 11.9 Å². The lowest BCUT2D eigenvalue weighted by Crippen LogP contribution is -2.51. The molecule has 0 N–H and O–H groups in total. The van der Waals surface area contributed by atoms with Gasteiger partial charge in [0.2, 0.25) is 0 Å². The summed E-state index contributed by atoms with van der Waals surface area (Å²) in [7, 11) is 0. The molecule has 0 bridgehead atoms. The van der Waals surface area contributed by atoms with Crippen LogP contribution >= 0.6 is 0 Å². The second-order valence-corrected chi connectivity index (χ2v) is 5.64. The molecule has 1 heterocycles. The zero-order valence-electron chi connectivity index (χ0n) is 12.9. The maximum atomic E-state index is 12.6. The van der Waals surface area contributed by atoms with E-state index in [2.05, 4.69) is 5.92 Å². The van der Waals surface area contributed by atoms with Crippen molar-refractivity contribution < 1.29 is 14.3 Å². The maximum absolute atomic E-state index is 12.6. The minimum atomic E-state index is -0.886. The van der Waals surface area contributed by atoms with E-state index in [1.54, 1.807) is 24.0 Å². The number of unbranched alkanes of at least 4 members (excludes halogenated alkanes) is 1. The van der Waals surface area contributed by atoms with Crippen molar-refractivity contribution >= 4 is 11.9 Å². The third kappa shape index (κ3) is 3.30. The van der Waals surface area contributed by atoms with Crippen molar-refractivity contribution in [3.63, 3.8) is 0 Å². The monoisotopic (exact) mass is 299 g/mol. The Kier molecular flexibility index (Phi) is 5.21. The fourth-order valence-electron chi connectivity index (χ4n) is 2.73. The molecule has 1 fully saturated rings. The number of benzene rings is 1. The van der Waals surface area contributed by atoms with Crippen LogP contribution in [0.3, 0.4) is 0 Å². The lowest BCUT2D eigenvalue weighted by Gasteiger charge is -2.33. The van der Waals surface area contributed by atoms with Crippen LogP contribution in [0.25, 0.3) is 0 Å². The first-order chi connectivity index (χ1) is 10.6. The van der Waals surface area contributed by atoms with Gasteiger partial charge in [-0.15, -0.1) is 12.3 Å². The molecule has 0 unspecified atom stereocenters. The molecule has 116 valence electrons. The number of carbonyl (C=O) groups is 2. The molecule has 0 aromatic heterocycles. The van der Waals surface area contributed by atoms with Crippen LogP contribution in [0, 0.1) is 12.3 Å². The van der Waals surface area contributed by atoms with Gasteiger partial charge in [-0.3, -0.25) is 4.79 Å². The highest BCUT2D eigenvalue weighted by Crippen LogP contribution is 2.31. The Morgan fingerprint density at radius 3 is 2.77 bits per heavy atom. The molecule has 2 rings (SSSR count). The molecule has 1 aromatic carbocycles. The molecule has 1 atom stereocenters. The molecule has 0 aliphatic carbocycles. The van der Waals surface area contributed by atoms with Crippen LogP contribution in [-0.2, 0) is 9.53 Å². The third-order valence-electron chi connectivity index (χ3n) is 4.05. The smallest absolute Gasteiger partial charge is 0.331 e. The van der Waals surface area contributed by atoms with E-state index in [9.17, 15) is 9.59 Å². The summed E-state index contributed by atoms with van der Waals surface area (Å²) >= 11 is 0. The van der Waals surface area contributed by atoms with Crippen molar-refractivity contribution in [1.82, 2.24) is 4.90 Å². The molecule has 1 amide bonds. The summed E-state index contributed by atoms with van der Waals surface area (Å²) in [5.74, 6) is 2.05. The van der Waals surface area contributed by atoms with Crippen molar-refractivity contribution in [2.24, 2.45) is 0 Å². The Hall–Kier alpha value is -2.28. The zero-order chi connectivity index (χ0) is 16.0. The number of ether oxygens (including phenoxy) is 1. The molecule has 1 aromatic rings. The molecule has 0 radical (unpaired) electrons. The standard InChI is InChI=1S/C18H21NO3/c1-3-4-8-14-22-17(21)18(2)12-9-13-19(18)16(20)15-10-6-5-7-11-15/h1,5-7,10-11H,4,8-9,12-14H2,2H3/t18-/m1/s1. The van der Waals surface area contributed by atoms with E-state index in [1.165, 1.54) is 0 Å². The molecule has 1 aliphatic heterocycles. The highest BCUT2D eigenvalue weighted by atomic mass is 16.5. The second-order valence-electron chi connectivity index (χ2n) is 5.64. The lowest BCUT2D eigenvalue weighted by atomic mass is 9.98. The van der Waals surface area contributed by atoms with E-state index < -0.39 is 5.54 Å². The van der Waals surface area contributed by atoms with Gasteiger partial charge in [0, 0.05) is 18.5 Å². The Morgan fingerprint density at radius 2 is 2.09 bits per heavy atom. The summed E-state index contributed by atoms with van der Waals surface area (Å²) in [5, 5.41) is 0. The molecule has 0 spiro atoms. The summed E-state index contributed by atoms with van der Waals surface area (Å²) in [6, 6.07) is 9.02. The van der Waals surface area contributed by atoms with Gasteiger partial charge >= 0.3 is 5.97 Å². The first-order valence-electron chi connectivity index (χ1n) is 7.57. The number of hydrogen-bond donors (Lipinski definition) is 0. The predicted molar refractivity (Wildman–Crippen MR) is 84.1 cm³/mol. The van der Waals surface area contributed by atoms with Crippen LogP contribution in [0.2, 0.25) is 0 Å². The number of terminal acetylenes is 1. The van der Waals surface area contributed by atoms with E-state index in [4.69, 9.17) is 11.2 Å². The highest BCUT2D eigenvalue weighted by Gasteiger charge is 2.47. The summed E-state index contributed by atoms with van der Waals surface area (Å²) in [4.78, 5) is 26.7. The van der Waals surface area contributed by atoms with Gasteiger partial charge in [-0.2, -0.15) is 0 Å². The Bertz CT molecular complexity index is 576. The van der Waals surface area contributed by atoms with Gasteiger partial charge < -0.3 is 9.64 Å². The van der Waals surface area contributed by atoms with Gasteiger partial charge in [-0.25, -0.2) is 4.79 Å². The van der Waals surface area contributed by atoms with Crippen molar-refractivity contribution in [3.05, 3.63) is 35.9 Å². The quantitative estimate of drug-likeness (QED) is 0.477. The molecular formula is C18H21NO3. The summed E-state index contributed by atoms with van der Waals surface area (Å²) in [6.07, 6.45) is 7.82. The van der Waals surface area contributed by atoms with Crippen LogP contribution < -0.4 is 0 Å². The van der Waals surface area contributed by atoms with Crippen molar-refractivity contribution in [2.75, 3.05) is 13.2 Å².